The Morgan fingerprint density at radius 2 is 1.70 bits per heavy atom. The first-order valence-electron chi connectivity index (χ1n) is 10.1. The highest BCUT2D eigenvalue weighted by molar-refractivity contribution is 7.92. The van der Waals surface area contributed by atoms with Crippen LogP contribution in [0.2, 0.25) is 5.02 Å². The number of nitrogens with one attached hydrogen (secondary N) is 2. The second-order valence-electron chi connectivity index (χ2n) is 7.69. The van der Waals surface area contributed by atoms with E-state index in [1.165, 1.54) is 52.8 Å². The van der Waals surface area contributed by atoms with E-state index in [0.717, 1.165) is 0 Å². The number of anilines is 3. The number of nitrogens with zero attached hydrogens (tertiary/aromatic N) is 1. The van der Waals surface area contributed by atoms with Crippen LogP contribution < -0.4 is 14.9 Å². The van der Waals surface area contributed by atoms with E-state index in [-0.39, 0.29) is 26.9 Å². The molecule has 0 aliphatic carbocycles. The summed E-state index contributed by atoms with van der Waals surface area (Å²) in [5.74, 6) is -0.919. The molecule has 0 unspecified atom stereocenters. The van der Waals surface area contributed by atoms with Crippen LogP contribution in [-0.2, 0) is 16.4 Å². The predicted molar refractivity (Wildman–Crippen MR) is 132 cm³/mol. The molecule has 1 heterocycles. The molecule has 0 saturated carbocycles. The highest BCUT2D eigenvalue weighted by Crippen LogP contribution is 2.36. The van der Waals surface area contributed by atoms with E-state index in [9.17, 15) is 17.2 Å². The number of benzene rings is 3. The fraction of sp³-hybridized carbons (Fsp3) is 0.174. The van der Waals surface area contributed by atoms with Crippen LogP contribution in [0.4, 0.5) is 25.8 Å². The van der Waals surface area contributed by atoms with Gasteiger partial charge in [0.1, 0.15) is 11.6 Å². The van der Waals surface area contributed by atoms with Crippen molar-refractivity contribution in [3.63, 3.8) is 0 Å². The number of rotatable bonds is 4. The molecule has 1 aliphatic heterocycles. The molecule has 172 valence electrons. The van der Waals surface area contributed by atoms with E-state index < -0.39 is 15.8 Å². The fourth-order valence-electron chi connectivity index (χ4n) is 3.75. The first-order chi connectivity index (χ1) is 15.6. The van der Waals surface area contributed by atoms with Gasteiger partial charge in [-0.2, -0.15) is 0 Å². The lowest BCUT2D eigenvalue weighted by atomic mass is 9.99. The summed E-state index contributed by atoms with van der Waals surface area (Å²) in [4.78, 5) is 0.112. The van der Waals surface area contributed by atoms with E-state index in [0.29, 0.717) is 35.5 Å². The molecule has 0 amide bonds. The molecule has 0 saturated heterocycles. The molecule has 3 aromatic rings. The molecule has 2 N–H and O–H groups in total. The second-order valence-corrected chi connectivity index (χ2v) is 10.3. The predicted octanol–water partition coefficient (Wildman–Crippen LogP) is 5.96. The maximum atomic E-state index is 13.6. The summed E-state index contributed by atoms with van der Waals surface area (Å²) in [7, 11) is -3.86. The highest BCUT2D eigenvalue weighted by atomic mass is 35.5. The number of fused-ring (bicyclic) bond motifs is 1. The molecule has 0 radical (unpaired) electrons. The molecular weight excluding hydrogens is 488 g/mol. The van der Waals surface area contributed by atoms with E-state index in [1.54, 1.807) is 12.1 Å². The summed E-state index contributed by atoms with van der Waals surface area (Å²) >= 11 is 11.0. The maximum absolute atomic E-state index is 13.6. The third-order valence-electron chi connectivity index (χ3n) is 5.36. The van der Waals surface area contributed by atoms with Crippen molar-refractivity contribution >= 4 is 56.0 Å². The van der Waals surface area contributed by atoms with Crippen LogP contribution in [-0.4, -0.2) is 19.6 Å². The molecule has 1 atom stereocenters. The lowest BCUT2D eigenvalue weighted by Gasteiger charge is -2.36. The van der Waals surface area contributed by atoms with E-state index in [4.69, 9.17) is 23.8 Å². The van der Waals surface area contributed by atoms with Crippen molar-refractivity contribution in [2.45, 2.75) is 30.7 Å². The Balaban J connectivity index is 1.52. The zero-order valence-corrected chi connectivity index (χ0v) is 19.9. The van der Waals surface area contributed by atoms with Crippen LogP contribution in [0.5, 0.6) is 0 Å². The fourth-order valence-corrected chi connectivity index (χ4v) is 5.89. The first kappa shape index (κ1) is 23.4. The highest BCUT2D eigenvalue weighted by Gasteiger charge is 2.34. The smallest absolute Gasteiger partial charge is 0.264 e. The Morgan fingerprint density at radius 1 is 1.03 bits per heavy atom. The molecule has 0 spiro atoms. The van der Waals surface area contributed by atoms with E-state index in [2.05, 4.69) is 10.6 Å². The average Bonchev–Trinajstić information content (AvgIpc) is 2.76. The largest absolute Gasteiger partial charge is 0.332 e. The Kier molecular flexibility index (Phi) is 6.56. The Labute approximate surface area is 201 Å². The van der Waals surface area contributed by atoms with Crippen molar-refractivity contribution in [2.75, 3.05) is 14.9 Å². The van der Waals surface area contributed by atoms with E-state index in [1.807, 2.05) is 6.92 Å². The molecule has 0 aromatic heterocycles. The van der Waals surface area contributed by atoms with Crippen LogP contribution in [0.1, 0.15) is 18.9 Å². The van der Waals surface area contributed by atoms with Gasteiger partial charge >= 0.3 is 0 Å². The van der Waals surface area contributed by atoms with Gasteiger partial charge in [-0.1, -0.05) is 11.6 Å². The van der Waals surface area contributed by atoms with Gasteiger partial charge in [0.05, 0.1) is 15.6 Å². The third-order valence-corrected chi connectivity index (χ3v) is 7.79. The van der Waals surface area contributed by atoms with Gasteiger partial charge in [-0.3, -0.25) is 4.31 Å². The standard InChI is InChI=1S/C23H20ClF2N3O2S2/c1-14-2-3-15-12-16(25)4-11-22(15)29(14)33(30,31)19-8-5-17(6-9-19)27-23(32)28-18-7-10-21(26)20(24)13-18/h4-14H,2-3H2,1H3,(H2,27,28,32)/t14-/m1/s1. The van der Waals surface area contributed by atoms with Gasteiger partial charge in [-0.25, -0.2) is 17.2 Å². The third kappa shape index (κ3) is 4.95. The number of hydrogen-bond acceptors (Lipinski definition) is 3. The summed E-state index contributed by atoms with van der Waals surface area (Å²) in [5, 5.41) is 6.03. The van der Waals surface area contributed by atoms with Gasteiger partial charge < -0.3 is 10.6 Å². The topological polar surface area (TPSA) is 61.4 Å². The quantitative estimate of drug-likeness (QED) is 0.427. The minimum absolute atomic E-state index is 0.0337. The Hall–Kier alpha value is -2.75. The molecule has 0 bridgehead atoms. The minimum Gasteiger partial charge on any atom is -0.332 e. The molecule has 1 aliphatic rings. The summed E-state index contributed by atoms with van der Waals surface area (Å²) < 4.78 is 55.1. The van der Waals surface area contributed by atoms with Gasteiger partial charge in [-0.15, -0.1) is 0 Å². The molecular formula is C23H20ClF2N3O2S2. The Bertz CT molecular complexity index is 1320. The van der Waals surface area contributed by atoms with Crippen molar-refractivity contribution in [1.29, 1.82) is 0 Å². The summed E-state index contributed by atoms with van der Waals surface area (Å²) in [6, 6.07) is 14.2. The van der Waals surface area contributed by atoms with Gasteiger partial charge in [-0.05, 0) is 98.2 Å². The number of aryl methyl sites for hydroxylation is 1. The lowest BCUT2D eigenvalue weighted by molar-refractivity contribution is 0.560. The molecule has 3 aromatic carbocycles. The number of thiocarbonyl (C=S) groups is 1. The van der Waals surface area contributed by atoms with E-state index >= 15 is 0 Å². The van der Waals surface area contributed by atoms with Crippen LogP contribution >= 0.6 is 23.8 Å². The molecule has 0 fully saturated rings. The van der Waals surface area contributed by atoms with Gasteiger partial charge in [0.25, 0.3) is 10.0 Å². The van der Waals surface area contributed by atoms with Crippen molar-refractivity contribution < 1.29 is 17.2 Å². The van der Waals surface area contributed by atoms with Crippen molar-refractivity contribution in [1.82, 2.24) is 0 Å². The molecule has 4 rings (SSSR count). The maximum Gasteiger partial charge on any atom is 0.264 e. The van der Waals surface area contributed by atoms with Crippen molar-refractivity contribution in [2.24, 2.45) is 0 Å². The van der Waals surface area contributed by atoms with Crippen LogP contribution in [0, 0.1) is 11.6 Å². The Morgan fingerprint density at radius 3 is 2.39 bits per heavy atom. The SMILES string of the molecule is C[C@@H]1CCc2cc(F)ccc2N1S(=O)(=O)c1ccc(NC(=S)Nc2ccc(F)c(Cl)c2)cc1. The molecule has 5 nitrogen and oxygen atoms in total. The first-order valence-corrected chi connectivity index (χ1v) is 12.3. The van der Waals surface area contributed by atoms with Crippen molar-refractivity contribution in [3.05, 3.63) is 82.9 Å². The number of halogens is 3. The molecule has 10 heteroatoms. The second kappa shape index (κ2) is 9.24. The summed E-state index contributed by atoms with van der Waals surface area (Å²) in [5.41, 5.74) is 2.24. The summed E-state index contributed by atoms with van der Waals surface area (Å²) in [6.45, 7) is 1.84. The zero-order chi connectivity index (χ0) is 23.8. The average molecular weight is 508 g/mol. The van der Waals surface area contributed by atoms with Gasteiger partial charge in [0, 0.05) is 17.4 Å². The van der Waals surface area contributed by atoms with Crippen molar-refractivity contribution in [3.8, 4) is 0 Å². The number of hydrogen-bond donors (Lipinski definition) is 2. The van der Waals surface area contributed by atoms with Crippen LogP contribution in [0.15, 0.2) is 65.6 Å². The van der Waals surface area contributed by atoms with Gasteiger partial charge in [0.2, 0.25) is 0 Å². The number of sulfonamides is 1. The minimum atomic E-state index is -3.86. The van der Waals surface area contributed by atoms with Crippen LogP contribution in [0.3, 0.4) is 0 Å². The monoisotopic (exact) mass is 507 g/mol. The zero-order valence-electron chi connectivity index (χ0n) is 17.5. The molecule has 33 heavy (non-hydrogen) atoms. The normalized spacial score (nSPS) is 15.6. The van der Waals surface area contributed by atoms with Gasteiger partial charge in [0.15, 0.2) is 5.11 Å². The summed E-state index contributed by atoms with van der Waals surface area (Å²) in [6.07, 6.45) is 1.22. The van der Waals surface area contributed by atoms with Crippen LogP contribution in [0.25, 0.3) is 0 Å². The lowest BCUT2D eigenvalue weighted by Crippen LogP contribution is -2.42.